The zero-order valence-electron chi connectivity index (χ0n) is 23.6. The first-order chi connectivity index (χ1) is 20.9. The van der Waals surface area contributed by atoms with Crippen molar-refractivity contribution < 1.29 is 27.6 Å². The highest BCUT2D eigenvalue weighted by Crippen LogP contribution is 2.36. The molecule has 2 fully saturated rings. The normalized spacial score (nSPS) is 17.1. The van der Waals surface area contributed by atoms with Gasteiger partial charge in [-0.3, -0.25) is 14.3 Å². The van der Waals surface area contributed by atoms with Crippen molar-refractivity contribution in [3.8, 4) is 23.6 Å². The van der Waals surface area contributed by atoms with Crippen LogP contribution in [0.2, 0.25) is 5.02 Å². The number of nitrogens with zero attached hydrogens (tertiary/aromatic N) is 7. The smallest absolute Gasteiger partial charge is 0.335 e. The maximum Gasteiger partial charge on any atom is 0.435 e. The van der Waals surface area contributed by atoms with Crippen LogP contribution in [0.1, 0.15) is 33.1 Å². The van der Waals surface area contributed by atoms with Gasteiger partial charge in [0.25, 0.3) is 11.8 Å². The van der Waals surface area contributed by atoms with Gasteiger partial charge >= 0.3 is 12.2 Å². The first-order valence-corrected chi connectivity index (χ1v) is 14.0. The molecule has 4 amide bonds. The molecule has 232 valence electrons. The van der Waals surface area contributed by atoms with Gasteiger partial charge < -0.3 is 30.3 Å². The molecule has 44 heavy (non-hydrogen) atoms. The van der Waals surface area contributed by atoms with Crippen molar-refractivity contribution in [2.24, 2.45) is 12.8 Å². The fraction of sp³-hybridized carbons (Fsp3) is 0.393. The first kappa shape index (κ1) is 30.9. The lowest BCUT2D eigenvalue weighted by atomic mass is 10.1. The number of carbonyl (C=O) groups excluding carboxylic acids is 3. The van der Waals surface area contributed by atoms with Crippen LogP contribution in [0.4, 0.5) is 23.7 Å². The number of terminal acetylenes is 1. The molecular weight excluding hydrogens is 603 g/mol. The quantitative estimate of drug-likeness (QED) is 0.416. The lowest BCUT2D eigenvalue weighted by molar-refractivity contribution is -0.141. The molecule has 1 aromatic carbocycles. The van der Waals surface area contributed by atoms with Gasteiger partial charge in [0.15, 0.2) is 11.5 Å². The van der Waals surface area contributed by atoms with E-state index in [1.54, 1.807) is 14.7 Å². The van der Waals surface area contributed by atoms with Crippen LogP contribution >= 0.6 is 11.6 Å². The number of halogens is 4. The number of urea groups is 1. The fourth-order valence-corrected chi connectivity index (χ4v) is 5.51. The number of anilines is 1. The average molecular weight is 632 g/mol. The Morgan fingerprint density at radius 3 is 2.45 bits per heavy atom. The molecule has 4 heterocycles. The van der Waals surface area contributed by atoms with E-state index in [1.807, 2.05) is 0 Å². The van der Waals surface area contributed by atoms with E-state index < -0.39 is 17.8 Å². The van der Waals surface area contributed by atoms with Gasteiger partial charge in [-0.05, 0) is 24.6 Å². The maximum atomic E-state index is 13.6. The molecular formula is C28H29ClF3N9O3. The highest BCUT2D eigenvalue weighted by atomic mass is 35.5. The Balaban J connectivity index is 1.24. The number of amides is 4. The third-order valence-electron chi connectivity index (χ3n) is 7.54. The van der Waals surface area contributed by atoms with Crippen molar-refractivity contribution in [1.82, 2.24) is 34.0 Å². The molecule has 0 spiro atoms. The van der Waals surface area contributed by atoms with Crippen LogP contribution in [0, 0.1) is 12.3 Å². The summed E-state index contributed by atoms with van der Waals surface area (Å²) in [5, 5.41) is 6.25. The van der Waals surface area contributed by atoms with E-state index in [-0.39, 0.29) is 57.9 Å². The number of hydrogen-bond acceptors (Lipinski definition) is 6. The SMILES string of the molecule is C#CCn1cc(-c2cnc(C(=O)Nc3ccc(C(=O)N4CCN(C(=O)N5CC[C@@H](N)C5)CC4)c(Cl)c3)n2C)c(C(F)(F)F)n1. The summed E-state index contributed by atoms with van der Waals surface area (Å²) in [5.41, 5.74) is 4.95. The van der Waals surface area contributed by atoms with E-state index >= 15 is 0 Å². The van der Waals surface area contributed by atoms with Crippen LogP contribution in [0.15, 0.2) is 30.6 Å². The summed E-state index contributed by atoms with van der Waals surface area (Å²) >= 11 is 6.42. The summed E-state index contributed by atoms with van der Waals surface area (Å²) in [5.74, 6) is 1.04. The molecule has 0 aliphatic carbocycles. The standard InChI is InChI=1S/C28H29ClF3N9O3/c1-3-7-41-16-20(23(36-41)28(30,31)32)22-14-34-24(37(22)2)25(42)35-18-4-5-19(21(29)13-18)26(43)38-9-11-39(12-10-38)27(44)40-8-6-17(33)15-40/h1,4-5,13-14,16-17H,6-12,15,33H2,2H3,(H,35,42)/t17-/m1/s1. The number of carbonyl (C=O) groups is 3. The lowest BCUT2D eigenvalue weighted by Crippen LogP contribution is -2.54. The molecule has 0 bridgehead atoms. The molecule has 3 N–H and O–H groups in total. The van der Waals surface area contributed by atoms with E-state index in [9.17, 15) is 27.6 Å². The summed E-state index contributed by atoms with van der Waals surface area (Å²) in [6, 6.07) is 4.27. The predicted octanol–water partition coefficient (Wildman–Crippen LogP) is 2.75. The maximum absolute atomic E-state index is 13.6. The molecule has 0 radical (unpaired) electrons. The van der Waals surface area contributed by atoms with Crippen LogP contribution in [-0.4, -0.2) is 97.2 Å². The van der Waals surface area contributed by atoms with Crippen molar-refractivity contribution in [3.63, 3.8) is 0 Å². The van der Waals surface area contributed by atoms with Crippen molar-refractivity contribution in [2.45, 2.75) is 25.2 Å². The molecule has 2 aliphatic heterocycles. The van der Waals surface area contributed by atoms with Gasteiger partial charge in [0.2, 0.25) is 0 Å². The monoisotopic (exact) mass is 631 g/mol. The Labute approximate surface area is 255 Å². The highest BCUT2D eigenvalue weighted by Gasteiger charge is 2.38. The largest absolute Gasteiger partial charge is 0.435 e. The van der Waals surface area contributed by atoms with Gasteiger partial charge in [-0.1, -0.05) is 17.5 Å². The number of benzene rings is 1. The van der Waals surface area contributed by atoms with Crippen molar-refractivity contribution in [1.29, 1.82) is 0 Å². The molecule has 2 aliphatic rings. The van der Waals surface area contributed by atoms with Gasteiger partial charge in [0, 0.05) is 64.2 Å². The second-order valence-electron chi connectivity index (χ2n) is 10.5. The number of nitrogens with one attached hydrogen (secondary N) is 1. The molecule has 12 nitrogen and oxygen atoms in total. The second kappa shape index (κ2) is 12.2. The number of piperazine rings is 1. The number of rotatable bonds is 5. The number of alkyl halides is 3. The Bertz CT molecular complexity index is 1640. The Morgan fingerprint density at radius 2 is 1.84 bits per heavy atom. The number of likely N-dealkylation sites (tertiary alicyclic amines) is 1. The minimum absolute atomic E-state index is 0.00975. The zero-order valence-corrected chi connectivity index (χ0v) is 24.4. The summed E-state index contributed by atoms with van der Waals surface area (Å²) in [6.07, 6.45) is 3.52. The molecule has 1 atom stereocenters. The van der Waals surface area contributed by atoms with Crippen molar-refractivity contribution in [3.05, 3.63) is 52.7 Å². The highest BCUT2D eigenvalue weighted by molar-refractivity contribution is 6.34. The van der Waals surface area contributed by atoms with Crippen LogP contribution in [0.25, 0.3) is 11.3 Å². The minimum atomic E-state index is -4.76. The first-order valence-electron chi connectivity index (χ1n) is 13.7. The summed E-state index contributed by atoms with van der Waals surface area (Å²) in [4.78, 5) is 48.0. The van der Waals surface area contributed by atoms with E-state index in [0.29, 0.717) is 39.3 Å². The summed E-state index contributed by atoms with van der Waals surface area (Å²) in [6.45, 7) is 2.40. The number of aromatic nitrogens is 4. The van der Waals surface area contributed by atoms with E-state index in [1.165, 1.54) is 29.8 Å². The molecule has 16 heteroatoms. The molecule has 2 saturated heterocycles. The third kappa shape index (κ3) is 6.22. The zero-order chi connectivity index (χ0) is 31.8. The minimum Gasteiger partial charge on any atom is -0.335 e. The van der Waals surface area contributed by atoms with Crippen molar-refractivity contribution >= 4 is 35.1 Å². The Hall–Kier alpha value is -4.55. The van der Waals surface area contributed by atoms with Gasteiger partial charge in [0.1, 0.15) is 6.54 Å². The van der Waals surface area contributed by atoms with Crippen LogP contribution in [-0.2, 0) is 19.8 Å². The number of imidazole rings is 1. The lowest BCUT2D eigenvalue weighted by Gasteiger charge is -2.36. The molecule has 5 rings (SSSR count). The molecule has 3 aromatic rings. The average Bonchev–Trinajstić information content (AvgIpc) is 3.71. The third-order valence-corrected chi connectivity index (χ3v) is 7.85. The van der Waals surface area contributed by atoms with Crippen molar-refractivity contribution in [2.75, 3.05) is 44.6 Å². The van der Waals surface area contributed by atoms with E-state index in [4.69, 9.17) is 23.8 Å². The molecule has 0 unspecified atom stereocenters. The van der Waals surface area contributed by atoms with Crippen LogP contribution in [0.3, 0.4) is 0 Å². The van der Waals surface area contributed by atoms with E-state index in [0.717, 1.165) is 23.5 Å². The Morgan fingerprint density at radius 1 is 1.14 bits per heavy atom. The van der Waals surface area contributed by atoms with Gasteiger partial charge in [-0.15, -0.1) is 6.42 Å². The topological polar surface area (TPSA) is 135 Å². The van der Waals surface area contributed by atoms with Gasteiger partial charge in [-0.2, -0.15) is 18.3 Å². The predicted molar refractivity (Wildman–Crippen MR) is 155 cm³/mol. The fourth-order valence-electron chi connectivity index (χ4n) is 5.25. The number of nitrogens with two attached hydrogens (primary N) is 1. The van der Waals surface area contributed by atoms with Gasteiger partial charge in [0.05, 0.1) is 28.0 Å². The summed E-state index contributed by atoms with van der Waals surface area (Å²) in [7, 11) is 1.40. The molecule has 2 aromatic heterocycles. The second-order valence-corrected chi connectivity index (χ2v) is 10.9. The van der Waals surface area contributed by atoms with Gasteiger partial charge in [-0.25, -0.2) is 9.78 Å². The van der Waals surface area contributed by atoms with Crippen LogP contribution in [0.5, 0.6) is 0 Å². The van der Waals surface area contributed by atoms with E-state index in [2.05, 4.69) is 21.3 Å². The van der Waals surface area contributed by atoms with Crippen LogP contribution < -0.4 is 11.1 Å². The number of hydrogen-bond donors (Lipinski definition) is 2. The molecule has 0 saturated carbocycles. The summed E-state index contributed by atoms with van der Waals surface area (Å²) < 4.78 is 43.1. The Kier molecular flexibility index (Phi) is 8.57.